The molecule has 1 amide bonds. The molecule has 0 aromatic heterocycles. The molecule has 3 aromatic carbocycles. The van der Waals surface area contributed by atoms with Gasteiger partial charge in [-0.25, -0.2) is 8.42 Å². The molecule has 3 aromatic rings. The highest BCUT2D eigenvalue weighted by Gasteiger charge is 2.14. The molecule has 0 aliphatic rings. The van der Waals surface area contributed by atoms with Crippen molar-refractivity contribution in [3.05, 3.63) is 83.4 Å². The predicted molar refractivity (Wildman–Crippen MR) is 124 cm³/mol. The fourth-order valence-electron chi connectivity index (χ4n) is 2.57. The number of thioether (sulfide) groups is 1. The highest BCUT2D eigenvalue weighted by atomic mass is 35.5. The van der Waals surface area contributed by atoms with Gasteiger partial charge in [-0.15, -0.1) is 11.8 Å². The van der Waals surface area contributed by atoms with Crippen molar-refractivity contribution >= 4 is 50.7 Å². The molecule has 0 aliphatic heterocycles. The minimum Gasteiger partial charge on any atom is -0.326 e. The van der Waals surface area contributed by atoms with Crippen molar-refractivity contribution in [2.75, 3.05) is 15.8 Å². The van der Waals surface area contributed by atoms with Crippen LogP contribution in [0.2, 0.25) is 5.02 Å². The second-order valence-electron chi connectivity index (χ2n) is 6.60. The topological polar surface area (TPSA) is 75.3 Å². The zero-order chi connectivity index (χ0) is 21.6. The Morgan fingerprint density at radius 1 is 0.900 bits per heavy atom. The third kappa shape index (κ3) is 6.52. The summed E-state index contributed by atoms with van der Waals surface area (Å²) in [6, 6.07) is 20.6. The minimum atomic E-state index is -3.73. The highest BCUT2D eigenvalue weighted by molar-refractivity contribution is 7.99. The zero-order valence-electron chi connectivity index (χ0n) is 16.3. The predicted octanol–water partition coefficient (Wildman–Crippen LogP) is 5.57. The van der Waals surface area contributed by atoms with Crippen LogP contribution >= 0.6 is 23.4 Å². The lowest BCUT2D eigenvalue weighted by Gasteiger charge is -2.10. The summed E-state index contributed by atoms with van der Waals surface area (Å²) in [7, 11) is -3.73. The molecule has 3 rings (SSSR count). The lowest BCUT2D eigenvalue weighted by molar-refractivity contribution is -0.115. The van der Waals surface area contributed by atoms with Crippen molar-refractivity contribution in [3.8, 4) is 0 Å². The Labute approximate surface area is 185 Å². The zero-order valence-corrected chi connectivity index (χ0v) is 18.7. The Morgan fingerprint density at radius 2 is 1.50 bits per heavy atom. The molecule has 0 spiro atoms. The first-order valence-electron chi connectivity index (χ1n) is 9.20. The molecule has 156 valence electrons. The number of halogens is 1. The Kier molecular flexibility index (Phi) is 7.42. The minimum absolute atomic E-state index is 0.102. The summed E-state index contributed by atoms with van der Waals surface area (Å²) in [5.41, 5.74) is 2.17. The quantitative estimate of drug-likeness (QED) is 0.431. The number of amides is 1. The molecule has 0 unspecified atom stereocenters. The van der Waals surface area contributed by atoms with E-state index in [1.165, 1.54) is 17.7 Å². The van der Waals surface area contributed by atoms with Gasteiger partial charge in [-0.3, -0.25) is 9.52 Å². The van der Waals surface area contributed by atoms with Crippen molar-refractivity contribution in [1.82, 2.24) is 0 Å². The fraction of sp³-hybridized carbons (Fsp3) is 0.136. The van der Waals surface area contributed by atoms with Crippen LogP contribution in [-0.2, 0) is 14.8 Å². The third-order valence-corrected chi connectivity index (χ3v) is 6.83. The highest BCUT2D eigenvalue weighted by Crippen LogP contribution is 2.21. The molecule has 0 saturated carbocycles. The van der Waals surface area contributed by atoms with E-state index in [4.69, 9.17) is 11.6 Å². The molecule has 0 fully saturated rings. The Balaban J connectivity index is 1.52. The van der Waals surface area contributed by atoms with Crippen molar-refractivity contribution in [1.29, 1.82) is 0 Å². The Morgan fingerprint density at radius 3 is 2.13 bits per heavy atom. The maximum atomic E-state index is 12.5. The second kappa shape index (κ2) is 10.0. The normalized spacial score (nSPS) is 11.1. The first-order chi connectivity index (χ1) is 14.3. The molecule has 0 saturated heterocycles. The number of hydrogen-bond donors (Lipinski definition) is 2. The number of carbonyl (C=O) groups excluding carboxylic acids is 1. The van der Waals surface area contributed by atoms with Crippen molar-refractivity contribution in [2.24, 2.45) is 0 Å². The van der Waals surface area contributed by atoms with E-state index in [2.05, 4.69) is 10.0 Å². The van der Waals surface area contributed by atoms with E-state index in [-0.39, 0.29) is 10.8 Å². The molecule has 5 nitrogen and oxygen atoms in total. The van der Waals surface area contributed by atoms with Crippen LogP contribution in [0.5, 0.6) is 0 Å². The van der Waals surface area contributed by atoms with Crippen LogP contribution in [0.3, 0.4) is 0 Å². The van der Waals surface area contributed by atoms with E-state index in [1.54, 1.807) is 48.2 Å². The van der Waals surface area contributed by atoms with Crippen LogP contribution in [0.4, 0.5) is 11.4 Å². The summed E-state index contributed by atoms with van der Waals surface area (Å²) >= 11 is 7.43. The van der Waals surface area contributed by atoms with Crippen LogP contribution < -0.4 is 10.0 Å². The number of rotatable bonds is 8. The van der Waals surface area contributed by atoms with Gasteiger partial charge >= 0.3 is 0 Å². The monoisotopic (exact) mass is 460 g/mol. The van der Waals surface area contributed by atoms with Crippen LogP contribution in [0.15, 0.2) is 82.6 Å². The van der Waals surface area contributed by atoms with Crippen molar-refractivity contribution in [3.63, 3.8) is 0 Å². The molecule has 2 N–H and O–H groups in total. The summed E-state index contributed by atoms with van der Waals surface area (Å²) in [4.78, 5) is 13.4. The molecule has 8 heteroatoms. The van der Waals surface area contributed by atoms with Gasteiger partial charge in [-0.1, -0.05) is 29.3 Å². The number of carbonyl (C=O) groups is 1. The first-order valence-corrected chi connectivity index (χ1v) is 12.0. The van der Waals surface area contributed by atoms with Gasteiger partial charge in [0.2, 0.25) is 5.91 Å². The number of anilines is 2. The molecule has 0 radical (unpaired) electrons. The average Bonchev–Trinajstić information content (AvgIpc) is 2.71. The van der Waals surface area contributed by atoms with Gasteiger partial charge < -0.3 is 5.32 Å². The molecule has 0 bridgehead atoms. The molecule has 0 aliphatic carbocycles. The van der Waals surface area contributed by atoms with Crippen molar-refractivity contribution in [2.45, 2.75) is 23.1 Å². The fourth-order valence-corrected chi connectivity index (χ4v) is 4.61. The van der Waals surface area contributed by atoms with Crippen LogP contribution in [0, 0.1) is 6.92 Å². The number of nitrogens with one attached hydrogen (secondary N) is 2. The van der Waals surface area contributed by atoms with E-state index in [1.807, 2.05) is 31.2 Å². The standard InChI is InChI=1S/C22H21ClN2O3S2/c1-16-2-10-20(11-3-16)29-15-14-22(26)24-18-8-12-21(13-9-18)30(27,28)25-19-6-4-17(23)5-7-19/h2-13,25H,14-15H2,1H3,(H,24,26). The van der Waals surface area contributed by atoms with Gasteiger partial charge in [0.05, 0.1) is 4.90 Å². The second-order valence-corrected chi connectivity index (χ2v) is 9.88. The first kappa shape index (κ1) is 22.2. The van der Waals surface area contributed by atoms with Gasteiger partial charge in [0.1, 0.15) is 0 Å². The van der Waals surface area contributed by atoms with Gasteiger partial charge in [-0.05, 0) is 67.6 Å². The van der Waals surface area contributed by atoms with E-state index >= 15 is 0 Å². The number of benzene rings is 3. The molecule has 0 atom stereocenters. The van der Waals surface area contributed by atoms with Gasteiger partial charge in [0, 0.05) is 33.5 Å². The van der Waals surface area contributed by atoms with Gasteiger partial charge in [0.15, 0.2) is 0 Å². The molecule has 30 heavy (non-hydrogen) atoms. The summed E-state index contributed by atoms with van der Waals surface area (Å²) in [6.45, 7) is 2.03. The lowest BCUT2D eigenvalue weighted by atomic mass is 10.2. The number of hydrogen-bond acceptors (Lipinski definition) is 4. The maximum Gasteiger partial charge on any atom is 0.261 e. The third-order valence-electron chi connectivity index (χ3n) is 4.16. The molecular weight excluding hydrogens is 440 g/mol. The summed E-state index contributed by atoms with van der Waals surface area (Å²) in [5.74, 6) is 0.538. The van der Waals surface area contributed by atoms with E-state index < -0.39 is 10.0 Å². The van der Waals surface area contributed by atoms with E-state index in [0.717, 1.165) is 4.90 Å². The van der Waals surface area contributed by atoms with Gasteiger partial charge in [-0.2, -0.15) is 0 Å². The van der Waals surface area contributed by atoms with E-state index in [9.17, 15) is 13.2 Å². The van der Waals surface area contributed by atoms with E-state index in [0.29, 0.717) is 28.6 Å². The van der Waals surface area contributed by atoms with Crippen LogP contribution in [0.1, 0.15) is 12.0 Å². The number of sulfonamides is 1. The smallest absolute Gasteiger partial charge is 0.261 e. The summed E-state index contributed by atoms with van der Waals surface area (Å²) in [6.07, 6.45) is 0.358. The Bertz CT molecular complexity index is 1100. The largest absolute Gasteiger partial charge is 0.326 e. The Hall–Kier alpha value is -2.48. The SMILES string of the molecule is Cc1ccc(SCCC(=O)Nc2ccc(S(=O)(=O)Nc3ccc(Cl)cc3)cc2)cc1. The number of aryl methyl sites for hydroxylation is 1. The molecule has 0 heterocycles. The summed E-state index contributed by atoms with van der Waals surface area (Å²) < 4.78 is 27.5. The molecular formula is C22H21ClN2O3S2. The van der Waals surface area contributed by atoms with Crippen LogP contribution in [0.25, 0.3) is 0 Å². The average molecular weight is 461 g/mol. The lowest BCUT2D eigenvalue weighted by Crippen LogP contribution is -2.14. The van der Waals surface area contributed by atoms with Crippen LogP contribution in [-0.4, -0.2) is 20.1 Å². The maximum absolute atomic E-state index is 12.5. The van der Waals surface area contributed by atoms with Crippen molar-refractivity contribution < 1.29 is 13.2 Å². The van der Waals surface area contributed by atoms with Gasteiger partial charge in [0.25, 0.3) is 10.0 Å². The summed E-state index contributed by atoms with van der Waals surface area (Å²) in [5, 5.41) is 3.31.